The Bertz CT molecular complexity index is 205. The average molecular weight is 220 g/mol. The molecule has 0 aromatic rings. The van der Waals surface area contributed by atoms with Crippen LogP contribution in [0.2, 0.25) is 0 Å². The van der Waals surface area contributed by atoms with E-state index >= 15 is 0 Å². The molecule has 0 bridgehead atoms. The minimum atomic E-state index is -0.571. The van der Waals surface area contributed by atoms with Crippen LogP contribution in [0.25, 0.3) is 0 Å². The highest BCUT2D eigenvalue weighted by Crippen LogP contribution is 2.16. The van der Waals surface area contributed by atoms with Crippen molar-refractivity contribution in [1.29, 1.82) is 0 Å². The van der Waals surface area contributed by atoms with Gasteiger partial charge in [-0.2, -0.15) is 0 Å². The van der Waals surface area contributed by atoms with E-state index in [4.69, 9.17) is 4.74 Å². The number of carbonyl (C=O) groups excluding carboxylic acids is 1. The summed E-state index contributed by atoms with van der Waals surface area (Å²) in [5, 5.41) is 3.27. The van der Waals surface area contributed by atoms with Gasteiger partial charge in [0.05, 0.1) is 11.9 Å². The molecule has 11 heavy (non-hydrogen) atoms. The van der Waals surface area contributed by atoms with Crippen LogP contribution in [-0.4, -0.2) is 23.6 Å². The summed E-state index contributed by atoms with van der Waals surface area (Å²) >= 11 is 3.25. The van der Waals surface area contributed by atoms with Crippen LogP contribution < -0.4 is 5.32 Å². The summed E-state index contributed by atoms with van der Waals surface area (Å²) in [5.74, 6) is -0.127. The van der Waals surface area contributed by atoms with Gasteiger partial charge in [-0.05, 0) is 6.92 Å². The van der Waals surface area contributed by atoms with Crippen molar-refractivity contribution in [1.82, 2.24) is 5.32 Å². The highest BCUT2D eigenvalue weighted by atomic mass is 79.9. The molecule has 1 aliphatic rings. The normalized spacial score (nSPS) is 31.8. The van der Waals surface area contributed by atoms with Gasteiger partial charge in [-0.1, -0.05) is 22.5 Å². The second-order valence-corrected chi connectivity index (χ2v) is 3.27. The zero-order chi connectivity index (χ0) is 8.48. The van der Waals surface area contributed by atoms with Gasteiger partial charge in [0, 0.05) is 5.57 Å². The Balaban J connectivity index is 2.66. The quantitative estimate of drug-likeness (QED) is 0.524. The maximum atomic E-state index is 11.1. The van der Waals surface area contributed by atoms with Gasteiger partial charge in [0.15, 0.2) is 0 Å². The Hall–Kier alpha value is -0.350. The predicted octanol–water partition coefficient (Wildman–Crippen LogP) is 0.800. The lowest BCUT2D eigenvalue weighted by atomic mass is 10.2. The van der Waals surface area contributed by atoms with Gasteiger partial charge in [0.1, 0.15) is 5.72 Å². The van der Waals surface area contributed by atoms with Gasteiger partial charge in [-0.3, -0.25) is 4.79 Å². The summed E-state index contributed by atoms with van der Waals surface area (Å²) in [6.45, 7) is 5.67. The van der Waals surface area contributed by atoms with Gasteiger partial charge in [-0.15, -0.1) is 0 Å². The molecule has 0 aromatic carbocycles. The van der Waals surface area contributed by atoms with Crippen LogP contribution in [0.4, 0.5) is 0 Å². The minimum Gasteiger partial charge on any atom is -0.350 e. The van der Waals surface area contributed by atoms with Crippen molar-refractivity contribution in [3.05, 3.63) is 12.2 Å². The van der Waals surface area contributed by atoms with Gasteiger partial charge >= 0.3 is 0 Å². The maximum absolute atomic E-state index is 11.1. The maximum Gasteiger partial charge on any atom is 0.251 e. The third-order valence-electron chi connectivity index (χ3n) is 1.52. The number of ether oxygens (including phenoxy) is 1. The number of hydrogen-bond donors (Lipinski definition) is 1. The molecule has 3 nitrogen and oxygen atoms in total. The summed E-state index contributed by atoms with van der Waals surface area (Å²) in [6, 6.07) is 0. The van der Waals surface area contributed by atoms with E-state index < -0.39 is 5.72 Å². The Morgan fingerprint density at radius 2 is 2.55 bits per heavy atom. The Labute approximate surface area is 73.9 Å². The van der Waals surface area contributed by atoms with E-state index in [1.807, 2.05) is 6.92 Å². The summed E-state index contributed by atoms with van der Waals surface area (Å²) in [5.41, 5.74) is -0.0958. The van der Waals surface area contributed by atoms with E-state index in [0.29, 0.717) is 17.5 Å². The summed E-state index contributed by atoms with van der Waals surface area (Å²) in [4.78, 5) is 11.1. The molecule has 1 fully saturated rings. The predicted molar refractivity (Wildman–Crippen MR) is 45.4 cm³/mol. The first-order valence-corrected chi connectivity index (χ1v) is 4.40. The van der Waals surface area contributed by atoms with Crippen molar-refractivity contribution in [3.8, 4) is 0 Å². The number of alkyl halides is 1. The van der Waals surface area contributed by atoms with Gasteiger partial charge in [0.2, 0.25) is 0 Å². The van der Waals surface area contributed by atoms with E-state index in [1.54, 1.807) is 0 Å². The van der Waals surface area contributed by atoms with Crippen molar-refractivity contribution in [3.63, 3.8) is 0 Å². The molecule has 1 atom stereocenters. The minimum absolute atomic E-state index is 0.127. The summed E-state index contributed by atoms with van der Waals surface area (Å²) < 4.78 is 5.32. The number of amides is 1. The average Bonchev–Trinajstić information content (AvgIpc) is 1.98. The zero-order valence-corrected chi connectivity index (χ0v) is 7.90. The second-order valence-electron chi connectivity index (χ2n) is 2.71. The molecule has 1 rings (SSSR count). The van der Waals surface area contributed by atoms with Crippen molar-refractivity contribution in [2.24, 2.45) is 0 Å². The van der Waals surface area contributed by atoms with Crippen LogP contribution in [0.3, 0.4) is 0 Å². The fraction of sp³-hybridized carbons (Fsp3) is 0.571. The lowest BCUT2D eigenvalue weighted by molar-refractivity contribution is -0.133. The van der Waals surface area contributed by atoms with Crippen LogP contribution in [0.1, 0.15) is 6.92 Å². The standard InChI is InChI=1S/C7H10BrNO2/c1-5-3-11-7(2,4-8)9-6(5)10/h1,3-4H2,2H3,(H,9,10). The highest BCUT2D eigenvalue weighted by Gasteiger charge is 2.31. The van der Waals surface area contributed by atoms with Crippen LogP contribution in [0.5, 0.6) is 0 Å². The van der Waals surface area contributed by atoms with Crippen molar-refractivity contribution < 1.29 is 9.53 Å². The van der Waals surface area contributed by atoms with Gasteiger partial charge in [-0.25, -0.2) is 0 Å². The molecule has 1 N–H and O–H groups in total. The van der Waals surface area contributed by atoms with Crippen molar-refractivity contribution in [2.45, 2.75) is 12.6 Å². The first-order chi connectivity index (χ1) is 5.07. The van der Waals surface area contributed by atoms with Crippen LogP contribution in [-0.2, 0) is 9.53 Å². The molecule has 0 aromatic heterocycles. The third kappa shape index (κ3) is 1.81. The molecule has 1 aliphatic heterocycles. The Morgan fingerprint density at radius 1 is 1.91 bits per heavy atom. The highest BCUT2D eigenvalue weighted by molar-refractivity contribution is 9.09. The fourth-order valence-electron chi connectivity index (χ4n) is 0.749. The molecule has 4 heteroatoms. The summed E-state index contributed by atoms with van der Waals surface area (Å²) in [7, 11) is 0. The lowest BCUT2D eigenvalue weighted by Crippen LogP contribution is -2.54. The van der Waals surface area contributed by atoms with Gasteiger partial charge < -0.3 is 10.1 Å². The van der Waals surface area contributed by atoms with Crippen molar-refractivity contribution in [2.75, 3.05) is 11.9 Å². The number of carbonyl (C=O) groups is 1. The van der Waals surface area contributed by atoms with E-state index in [9.17, 15) is 4.79 Å². The largest absolute Gasteiger partial charge is 0.350 e. The zero-order valence-electron chi connectivity index (χ0n) is 6.32. The second kappa shape index (κ2) is 2.95. The van der Waals surface area contributed by atoms with Gasteiger partial charge in [0.25, 0.3) is 5.91 Å². The molecular weight excluding hydrogens is 210 g/mol. The fourth-order valence-corrected chi connectivity index (χ4v) is 1.05. The number of nitrogens with one attached hydrogen (secondary N) is 1. The van der Waals surface area contributed by atoms with Crippen molar-refractivity contribution >= 4 is 21.8 Å². The molecule has 1 saturated heterocycles. The van der Waals surface area contributed by atoms with Crippen LogP contribution in [0, 0.1) is 0 Å². The topological polar surface area (TPSA) is 38.3 Å². The number of hydrogen-bond acceptors (Lipinski definition) is 2. The SMILES string of the molecule is C=C1COC(C)(CBr)NC1=O. The Kier molecular flexibility index (Phi) is 2.34. The number of halogens is 1. The first kappa shape index (κ1) is 8.74. The molecule has 0 aliphatic carbocycles. The molecular formula is C7H10BrNO2. The third-order valence-corrected chi connectivity index (χ3v) is 2.59. The molecule has 1 unspecified atom stereocenters. The van der Waals surface area contributed by atoms with E-state index in [0.717, 1.165) is 0 Å². The Morgan fingerprint density at radius 3 is 3.00 bits per heavy atom. The van der Waals surface area contributed by atoms with E-state index in [-0.39, 0.29) is 5.91 Å². The molecule has 62 valence electrons. The van der Waals surface area contributed by atoms with E-state index in [1.165, 1.54) is 0 Å². The van der Waals surface area contributed by atoms with Crippen LogP contribution in [0.15, 0.2) is 12.2 Å². The smallest absolute Gasteiger partial charge is 0.251 e. The van der Waals surface area contributed by atoms with E-state index in [2.05, 4.69) is 27.8 Å². The molecule has 1 heterocycles. The molecule has 0 radical (unpaired) electrons. The molecule has 0 spiro atoms. The summed E-state index contributed by atoms with van der Waals surface area (Å²) in [6.07, 6.45) is 0. The molecule has 0 saturated carbocycles. The monoisotopic (exact) mass is 219 g/mol. The molecule has 1 amide bonds. The lowest BCUT2D eigenvalue weighted by Gasteiger charge is -2.33. The number of rotatable bonds is 1. The van der Waals surface area contributed by atoms with Crippen LogP contribution >= 0.6 is 15.9 Å². The first-order valence-electron chi connectivity index (χ1n) is 3.27.